The molecule has 2 aromatic carbocycles. The summed E-state index contributed by atoms with van der Waals surface area (Å²) in [6, 6.07) is 9.02. The van der Waals surface area contributed by atoms with E-state index in [0.717, 1.165) is 0 Å². The zero-order valence-corrected chi connectivity index (χ0v) is 12.3. The molecule has 0 saturated heterocycles. The van der Waals surface area contributed by atoms with E-state index in [0.29, 0.717) is 30.6 Å². The molecule has 0 aromatic heterocycles. The summed E-state index contributed by atoms with van der Waals surface area (Å²) in [5.41, 5.74) is 0.553. The molecule has 0 unspecified atom stereocenters. The number of halogens is 4. The summed E-state index contributed by atoms with van der Waals surface area (Å²) >= 11 is 23.3. The molecule has 0 aliphatic rings. The van der Waals surface area contributed by atoms with Crippen LogP contribution in [-0.4, -0.2) is 4.86 Å². The van der Waals surface area contributed by atoms with E-state index in [2.05, 4.69) is 5.11 Å². The van der Waals surface area contributed by atoms with Crippen molar-refractivity contribution < 1.29 is 4.86 Å². The maximum absolute atomic E-state index is 11.9. The topological polar surface area (TPSA) is 38.4 Å². The Bertz CT molecular complexity index is 618. The first kappa shape index (κ1) is 14.4. The number of hydrogen-bond acceptors (Lipinski definition) is 2. The minimum Gasteiger partial charge on any atom is -0.594 e. The molecule has 0 fully saturated rings. The lowest BCUT2D eigenvalue weighted by Crippen LogP contribution is -1.90. The quantitative estimate of drug-likeness (QED) is 0.364. The van der Waals surface area contributed by atoms with Gasteiger partial charge in [-0.3, -0.25) is 0 Å². The average Bonchev–Trinajstić information content (AvgIpc) is 2.25. The van der Waals surface area contributed by atoms with Gasteiger partial charge in [0.1, 0.15) is 5.69 Å². The van der Waals surface area contributed by atoms with Gasteiger partial charge >= 0.3 is 0 Å². The van der Waals surface area contributed by atoms with Crippen molar-refractivity contribution in [2.45, 2.75) is 0 Å². The van der Waals surface area contributed by atoms with Crippen molar-refractivity contribution in [1.29, 1.82) is 0 Å². The Balaban J connectivity index is 2.42. The third-order valence-electron chi connectivity index (χ3n) is 2.12. The fourth-order valence-corrected chi connectivity index (χ4v) is 2.44. The van der Waals surface area contributed by atoms with Crippen LogP contribution < -0.4 is 0 Å². The Labute approximate surface area is 129 Å². The first-order valence-electron chi connectivity index (χ1n) is 5.05. The van der Waals surface area contributed by atoms with Gasteiger partial charge in [0.2, 0.25) is 5.69 Å². The molecule has 0 aliphatic carbocycles. The monoisotopic (exact) mass is 334 g/mol. The molecule has 0 N–H and O–H groups in total. The Morgan fingerprint density at radius 3 is 1.63 bits per heavy atom. The van der Waals surface area contributed by atoms with Gasteiger partial charge in [0, 0.05) is 37.3 Å². The van der Waals surface area contributed by atoms with Crippen LogP contribution in [0.1, 0.15) is 0 Å². The minimum absolute atomic E-state index is 0.216. The first-order valence-corrected chi connectivity index (χ1v) is 6.56. The number of benzene rings is 2. The molecule has 3 nitrogen and oxygen atoms in total. The van der Waals surface area contributed by atoms with Crippen molar-refractivity contribution in [1.82, 2.24) is 0 Å². The number of rotatable bonds is 2. The minimum atomic E-state index is 0.216. The van der Waals surface area contributed by atoms with Gasteiger partial charge in [-0.2, -0.15) is 0 Å². The van der Waals surface area contributed by atoms with Crippen LogP contribution in [0, 0.1) is 5.21 Å². The largest absolute Gasteiger partial charge is 0.594 e. The second kappa shape index (κ2) is 5.97. The van der Waals surface area contributed by atoms with Gasteiger partial charge in [-0.05, 0) is 24.3 Å². The van der Waals surface area contributed by atoms with Crippen molar-refractivity contribution in [2.75, 3.05) is 0 Å². The Morgan fingerprint density at radius 2 is 1.16 bits per heavy atom. The summed E-state index contributed by atoms with van der Waals surface area (Å²) < 4.78 is 0. The van der Waals surface area contributed by atoms with E-state index in [4.69, 9.17) is 46.4 Å². The molecule has 2 aromatic rings. The molecular formula is C12H6Cl4N2O. The Morgan fingerprint density at radius 1 is 0.737 bits per heavy atom. The second-order valence-electron chi connectivity index (χ2n) is 3.63. The van der Waals surface area contributed by atoms with Gasteiger partial charge in [-0.15, -0.1) is 0 Å². The molecule has 0 saturated carbocycles. The molecule has 0 spiro atoms. The smallest absolute Gasteiger partial charge is 0.247 e. The summed E-state index contributed by atoms with van der Waals surface area (Å²) in [5.74, 6) is 0. The van der Waals surface area contributed by atoms with Crippen LogP contribution in [0.4, 0.5) is 11.4 Å². The Kier molecular flexibility index (Phi) is 4.53. The highest BCUT2D eigenvalue weighted by Gasteiger charge is 2.08. The predicted molar refractivity (Wildman–Crippen MR) is 78.3 cm³/mol. The first-order chi connectivity index (χ1) is 8.94. The van der Waals surface area contributed by atoms with Crippen molar-refractivity contribution in [3.05, 3.63) is 61.7 Å². The van der Waals surface area contributed by atoms with Crippen LogP contribution in [-0.2, 0) is 0 Å². The van der Waals surface area contributed by atoms with Crippen molar-refractivity contribution >= 4 is 57.8 Å². The maximum atomic E-state index is 11.9. The highest BCUT2D eigenvalue weighted by Crippen LogP contribution is 2.28. The van der Waals surface area contributed by atoms with E-state index in [1.54, 1.807) is 6.07 Å². The summed E-state index contributed by atoms with van der Waals surface area (Å²) in [6.45, 7) is 0. The predicted octanol–water partition coefficient (Wildman–Crippen LogP) is 6.23. The highest BCUT2D eigenvalue weighted by molar-refractivity contribution is 6.35. The lowest BCUT2D eigenvalue weighted by molar-refractivity contribution is -0.435. The summed E-state index contributed by atoms with van der Waals surface area (Å²) in [5, 5.41) is 17.2. The molecule has 2 rings (SSSR count). The zero-order chi connectivity index (χ0) is 14.0. The van der Waals surface area contributed by atoms with E-state index in [-0.39, 0.29) is 5.69 Å². The lowest BCUT2D eigenvalue weighted by Gasteiger charge is -2.02. The summed E-state index contributed by atoms with van der Waals surface area (Å²) in [6.07, 6.45) is 0. The van der Waals surface area contributed by atoms with Crippen LogP contribution in [0.3, 0.4) is 0 Å². The molecule has 0 heterocycles. The molecule has 0 aliphatic heterocycles. The summed E-state index contributed by atoms with van der Waals surface area (Å²) in [7, 11) is 0. The van der Waals surface area contributed by atoms with Crippen molar-refractivity contribution in [3.63, 3.8) is 0 Å². The fourth-order valence-electron chi connectivity index (χ4n) is 1.41. The molecule has 19 heavy (non-hydrogen) atoms. The van der Waals surface area contributed by atoms with E-state index in [1.165, 1.54) is 30.3 Å². The van der Waals surface area contributed by atoms with E-state index in [1.807, 2.05) is 0 Å². The van der Waals surface area contributed by atoms with Crippen molar-refractivity contribution in [3.8, 4) is 0 Å². The van der Waals surface area contributed by atoms with Gasteiger partial charge < -0.3 is 5.21 Å². The molecular weight excluding hydrogens is 330 g/mol. The second-order valence-corrected chi connectivity index (χ2v) is 5.37. The highest BCUT2D eigenvalue weighted by atomic mass is 35.5. The molecule has 98 valence electrons. The molecule has 0 radical (unpaired) electrons. The third kappa shape index (κ3) is 3.98. The van der Waals surface area contributed by atoms with E-state index in [9.17, 15) is 5.21 Å². The Hall–Kier alpha value is -1.000. The standard InChI is InChI=1S/C12H6Cl4N2O/c13-7-1-8(14)4-11(3-7)17-18(19)12-5-9(15)2-10(16)6-12/h1-6H. The molecule has 7 heteroatoms. The SMILES string of the molecule is [O-][N+](=Nc1cc(Cl)cc(Cl)c1)c1cc(Cl)cc(Cl)c1. The van der Waals surface area contributed by atoms with Crippen LogP contribution in [0.5, 0.6) is 0 Å². The average molecular weight is 336 g/mol. The lowest BCUT2D eigenvalue weighted by atomic mass is 10.3. The van der Waals surface area contributed by atoms with Gasteiger partial charge in [0.05, 0.1) is 0 Å². The number of azo groups is 1. The number of hydrogen-bond donors (Lipinski definition) is 0. The van der Waals surface area contributed by atoms with Crippen LogP contribution in [0.2, 0.25) is 20.1 Å². The molecule has 0 amide bonds. The van der Waals surface area contributed by atoms with Crippen LogP contribution in [0.15, 0.2) is 41.5 Å². The van der Waals surface area contributed by atoms with Crippen LogP contribution in [0.25, 0.3) is 0 Å². The van der Waals surface area contributed by atoms with E-state index >= 15 is 0 Å². The number of nitrogens with zero attached hydrogens (tertiary/aromatic N) is 2. The van der Waals surface area contributed by atoms with E-state index < -0.39 is 0 Å². The summed E-state index contributed by atoms with van der Waals surface area (Å²) in [4.78, 5) is 0.403. The van der Waals surface area contributed by atoms with Gasteiger partial charge in [-0.25, -0.2) is 0 Å². The van der Waals surface area contributed by atoms with Crippen LogP contribution >= 0.6 is 46.4 Å². The molecule has 0 bridgehead atoms. The third-order valence-corrected chi connectivity index (χ3v) is 2.99. The van der Waals surface area contributed by atoms with Gasteiger partial charge in [0.15, 0.2) is 0 Å². The van der Waals surface area contributed by atoms with Crippen molar-refractivity contribution in [2.24, 2.45) is 5.11 Å². The van der Waals surface area contributed by atoms with Gasteiger partial charge in [0.25, 0.3) is 0 Å². The van der Waals surface area contributed by atoms with Gasteiger partial charge in [-0.1, -0.05) is 51.3 Å². The normalized spacial score (nSPS) is 11.7. The zero-order valence-electron chi connectivity index (χ0n) is 9.28. The molecule has 0 atom stereocenters. The maximum Gasteiger partial charge on any atom is 0.247 e. The fraction of sp³-hybridized carbons (Fsp3) is 0.